The molecule has 4 nitrogen and oxygen atoms in total. The van der Waals surface area contributed by atoms with E-state index < -0.39 is 5.82 Å². The topological polar surface area (TPSA) is 43.8 Å². The van der Waals surface area contributed by atoms with Crippen LogP contribution in [0.15, 0.2) is 24.3 Å². The summed E-state index contributed by atoms with van der Waals surface area (Å²) in [6.07, 6.45) is 2.69. The van der Waals surface area contributed by atoms with Gasteiger partial charge in [0.15, 0.2) is 0 Å². The first kappa shape index (κ1) is 15.9. The molecule has 1 aromatic carbocycles. The minimum Gasteiger partial charge on any atom is -0.396 e. The highest BCUT2D eigenvalue weighted by Crippen LogP contribution is 2.12. The zero-order chi connectivity index (χ0) is 15.1. The SMILES string of the molecule is O=C(c1ccccc1F)N1CCCN(CCCCO)CC1. The molecule has 1 fully saturated rings. The van der Waals surface area contributed by atoms with Crippen molar-refractivity contribution in [1.82, 2.24) is 9.80 Å². The van der Waals surface area contributed by atoms with Crippen molar-refractivity contribution >= 4 is 5.91 Å². The van der Waals surface area contributed by atoms with Crippen molar-refractivity contribution in [2.24, 2.45) is 0 Å². The number of halogens is 1. The molecule has 5 heteroatoms. The Bertz CT molecular complexity index is 467. The maximum Gasteiger partial charge on any atom is 0.256 e. The Balaban J connectivity index is 1.90. The lowest BCUT2D eigenvalue weighted by molar-refractivity contribution is 0.0756. The molecule has 0 saturated carbocycles. The Morgan fingerprint density at radius 1 is 1.14 bits per heavy atom. The molecule has 21 heavy (non-hydrogen) atoms. The van der Waals surface area contributed by atoms with Crippen LogP contribution < -0.4 is 0 Å². The van der Waals surface area contributed by atoms with Crippen molar-refractivity contribution < 1.29 is 14.3 Å². The molecule has 0 radical (unpaired) electrons. The second kappa shape index (κ2) is 8.10. The van der Waals surface area contributed by atoms with Crippen LogP contribution in [0.25, 0.3) is 0 Å². The van der Waals surface area contributed by atoms with E-state index in [4.69, 9.17) is 5.11 Å². The number of aliphatic hydroxyl groups excluding tert-OH is 1. The van der Waals surface area contributed by atoms with Gasteiger partial charge in [0, 0.05) is 26.2 Å². The summed E-state index contributed by atoms with van der Waals surface area (Å²) < 4.78 is 13.7. The number of benzene rings is 1. The molecule has 1 saturated heterocycles. The molecule has 0 aromatic heterocycles. The number of carbonyl (C=O) groups excluding carboxylic acids is 1. The van der Waals surface area contributed by atoms with Crippen LogP contribution >= 0.6 is 0 Å². The molecular weight excluding hydrogens is 271 g/mol. The van der Waals surface area contributed by atoms with Crippen molar-refractivity contribution in [2.75, 3.05) is 39.3 Å². The minimum absolute atomic E-state index is 0.159. The van der Waals surface area contributed by atoms with Crippen LogP contribution in [0.4, 0.5) is 4.39 Å². The van der Waals surface area contributed by atoms with Gasteiger partial charge >= 0.3 is 0 Å². The normalized spacial score (nSPS) is 16.8. The third kappa shape index (κ3) is 4.51. The third-order valence-electron chi connectivity index (χ3n) is 3.86. The van der Waals surface area contributed by atoms with Crippen molar-refractivity contribution in [2.45, 2.75) is 19.3 Å². The molecule has 2 rings (SSSR count). The molecule has 0 spiro atoms. The number of amides is 1. The average Bonchev–Trinajstić information content (AvgIpc) is 2.73. The van der Waals surface area contributed by atoms with Crippen LogP contribution in [-0.2, 0) is 0 Å². The summed E-state index contributed by atoms with van der Waals surface area (Å²) in [6, 6.07) is 6.15. The molecule has 1 aromatic rings. The van der Waals surface area contributed by atoms with Gasteiger partial charge in [0.25, 0.3) is 5.91 Å². The zero-order valence-corrected chi connectivity index (χ0v) is 12.3. The van der Waals surface area contributed by atoms with Crippen LogP contribution in [0, 0.1) is 5.82 Å². The molecule has 1 N–H and O–H groups in total. The van der Waals surface area contributed by atoms with Gasteiger partial charge in [-0.1, -0.05) is 12.1 Å². The summed E-state index contributed by atoms with van der Waals surface area (Å²) in [4.78, 5) is 16.4. The van der Waals surface area contributed by atoms with Crippen LogP contribution in [0.1, 0.15) is 29.6 Å². The quantitative estimate of drug-likeness (QED) is 0.841. The first-order valence-corrected chi connectivity index (χ1v) is 7.59. The van der Waals surface area contributed by atoms with E-state index in [0.717, 1.165) is 38.9 Å². The van der Waals surface area contributed by atoms with E-state index in [1.807, 2.05) is 0 Å². The highest BCUT2D eigenvalue weighted by atomic mass is 19.1. The summed E-state index contributed by atoms with van der Waals surface area (Å²) in [5.74, 6) is -0.670. The number of carbonyl (C=O) groups is 1. The van der Waals surface area contributed by atoms with Gasteiger partial charge in [0.2, 0.25) is 0 Å². The number of rotatable bonds is 5. The van der Waals surface area contributed by atoms with Gasteiger partial charge in [-0.25, -0.2) is 4.39 Å². The van der Waals surface area contributed by atoms with Gasteiger partial charge in [0.05, 0.1) is 5.56 Å². The standard InChI is InChI=1S/C16H23FN2O2/c17-15-7-2-1-6-14(15)16(21)19-10-5-9-18(11-12-19)8-3-4-13-20/h1-2,6-7,20H,3-5,8-13H2. The Morgan fingerprint density at radius 2 is 1.95 bits per heavy atom. The molecule has 1 heterocycles. The molecule has 0 atom stereocenters. The molecule has 0 unspecified atom stereocenters. The van der Waals surface area contributed by atoms with E-state index >= 15 is 0 Å². The van der Waals surface area contributed by atoms with Crippen molar-refractivity contribution in [1.29, 1.82) is 0 Å². The molecule has 0 aliphatic carbocycles. The second-order valence-electron chi connectivity index (χ2n) is 5.40. The summed E-state index contributed by atoms with van der Waals surface area (Å²) >= 11 is 0. The molecule has 1 aliphatic rings. The molecule has 116 valence electrons. The Hall–Kier alpha value is -1.46. The predicted octanol–water partition coefficient (Wildman–Crippen LogP) is 1.75. The van der Waals surface area contributed by atoms with Gasteiger partial charge in [-0.05, 0) is 44.5 Å². The van der Waals surface area contributed by atoms with Gasteiger partial charge in [-0.15, -0.1) is 0 Å². The summed E-state index contributed by atoms with van der Waals surface area (Å²) in [6.45, 7) is 4.24. The first-order valence-electron chi connectivity index (χ1n) is 7.59. The van der Waals surface area contributed by atoms with Gasteiger partial charge < -0.3 is 14.9 Å². The molecule has 1 aliphatic heterocycles. The largest absolute Gasteiger partial charge is 0.396 e. The number of hydrogen-bond acceptors (Lipinski definition) is 3. The summed E-state index contributed by atoms with van der Waals surface area (Å²) in [5, 5.41) is 8.81. The molecular formula is C16H23FN2O2. The van der Waals surface area contributed by atoms with E-state index in [-0.39, 0.29) is 18.1 Å². The van der Waals surface area contributed by atoms with E-state index in [9.17, 15) is 9.18 Å². The maximum atomic E-state index is 13.7. The number of nitrogens with zero attached hydrogens (tertiary/aromatic N) is 2. The highest BCUT2D eigenvalue weighted by Gasteiger charge is 2.21. The van der Waals surface area contributed by atoms with Crippen LogP contribution in [0.2, 0.25) is 0 Å². The lowest BCUT2D eigenvalue weighted by atomic mass is 10.2. The van der Waals surface area contributed by atoms with E-state index in [0.29, 0.717) is 13.1 Å². The van der Waals surface area contributed by atoms with Crippen LogP contribution in [-0.4, -0.2) is 60.1 Å². The lowest BCUT2D eigenvalue weighted by Crippen LogP contribution is -2.35. The first-order chi connectivity index (χ1) is 10.2. The maximum absolute atomic E-state index is 13.7. The van der Waals surface area contributed by atoms with Crippen molar-refractivity contribution in [3.8, 4) is 0 Å². The molecule has 0 bridgehead atoms. The lowest BCUT2D eigenvalue weighted by Gasteiger charge is -2.22. The van der Waals surface area contributed by atoms with E-state index in [1.165, 1.54) is 6.07 Å². The second-order valence-corrected chi connectivity index (χ2v) is 5.40. The van der Waals surface area contributed by atoms with E-state index in [2.05, 4.69) is 4.90 Å². The monoisotopic (exact) mass is 294 g/mol. The number of aliphatic hydroxyl groups is 1. The fraction of sp³-hybridized carbons (Fsp3) is 0.562. The molecule has 1 amide bonds. The van der Waals surface area contributed by atoms with Crippen LogP contribution in [0.3, 0.4) is 0 Å². The van der Waals surface area contributed by atoms with Crippen molar-refractivity contribution in [3.05, 3.63) is 35.6 Å². The summed E-state index contributed by atoms with van der Waals surface area (Å²) in [5.41, 5.74) is 0.159. The Kier molecular flexibility index (Phi) is 6.14. The third-order valence-corrected chi connectivity index (χ3v) is 3.86. The van der Waals surface area contributed by atoms with Crippen molar-refractivity contribution in [3.63, 3.8) is 0 Å². The minimum atomic E-state index is -0.452. The Morgan fingerprint density at radius 3 is 2.71 bits per heavy atom. The Labute approximate surface area is 125 Å². The smallest absolute Gasteiger partial charge is 0.256 e. The number of unbranched alkanes of at least 4 members (excludes halogenated alkanes) is 1. The van der Waals surface area contributed by atoms with E-state index in [1.54, 1.807) is 23.1 Å². The van der Waals surface area contributed by atoms with Crippen LogP contribution in [0.5, 0.6) is 0 Å². The average molecular weight is 294 g/mol. The highest BCUT2D eigenvalue weighted by molar-refractivity contribution is 5.94. The van der Waals surface area contributed by atoms with Gasteiger partial charge in [0.1, 0.15) is 5.82 Å². The van der Waals surface area contributed by atoms with Gasteiger partial charge in [-0.3, -0.25) is 4.79 Å². The van der Waals surface area contributed by atoms with Gasteiger partial charge in [-0.2, -0.15) is 0 Å². The predicted molar refractivity (Wildman–Crippen MR) is 79.7 cm³/mol. The number of hydrogen-bond donors (Lipinski definition) is 1. The summed E-state index contributed by atoms with van der Waals surface area (Å²) in [7, 11) is 0. The fourth-order valence-electron chi connectivity index (χ4n) is 2.65. The fourth-order valence-corrected chi connectivity index (χ4v) is 2.65. The zero-order valence-electron chi connectivity index (χ0n) is 12.3.